The molecule has 5 N–H and O–H groups in total. The zero-order valence-electron chi connectivity index (χ0n) is 11.3. The van der Waals surface area contributed by atoms with Gasteiger partial charge in [0, 0.05) is 12.0 Å². The molecular formula is C14H21N3O2. The summed E-state index contributed by atoms with van der Waals surface area (Å²) in [5, 5.41) is 2.75. The Morgan fingerprint density at radius 2 is 1.84 bits per heavy atom. The van der Waals surface area contributed by atoms with Crippen LogP contribution in [0.25, 0.3) is 0 Å². The Bertz CT molecular complexity index is 443. The molecule has 0 aromatic heterocycles. The van der Waals surface area contributed by atoms with E-state index in [2.05, 4.69) is 5.32 Å². The van der Waals surface area contributed by atoms with Crippen LogP contribution in [0.1, 0.15) is 25.8 Å². The molecule has 0 fully saturated rings. The number of primary amides is 1. The Morgan fingerprint density at radius 1 is 1.26 bits per heavy atom. The van der Waals surface area contributed by atoms with Gasteiger partial charge in [-0.15, -0.1) is 0 Å². The lowest BCUT2D eigenvalue weighted by Crippen LogP contribution is -2.46. The summed E-state index contributed by atoms with van der Waals surface area (Å²) in [5.41, 5.74) is 11.5. The van der Waals surface area contributed by atoms with Gasteiger partial charge >= 0.3 is 0 Å². The minimum absolute atomic E-state index is 0.141. The SMILES string of the molecule is CC(C)(CNC(=O)C(N)CC(N)=O)c1ccccc1. The standard InChI is InChI=1S/C14H21N3O2/c1-14(2,10-6-4-3-5-7-10)9-17-13(19)11(15)8-12(16)18/h3-7,11H,8-9,15H2,1-2H3,(H2,16,18)(H,17,19). The van der Waals surface area contributed by atoms with E-state index in [1.54, 1.807) is 0 Å². The van der Waals surface area contributed by atoms with Crippen molar-refractivity contribution in [3.05, 3.63) is 35.9 Å². The summed E-state index contributed by atoms with van der Waals surface area (Å²) < 4.78 is 0. The lowest BCUT2D eigenvalue weighted by Gasteiger charge is -2.26. The van der Waals surface area contributed by atoms with Gasteiger partial charge in [0.25, 0.3) is 0 Å². The van der Waals surface area contributed by atoms with Crippen molar-refractivity contribution in [2.45, 2.75) is 31.7 Å². The molecule has 0 aliphatic carbocycles. The molecule has 0 aliphatic heterocycles. The number of hydrogen-bond acceptors (Lipinski definition) is 3. The maximum Gasteiger partial charge on any atom is 0.237 e. The van der Waals surface area contributed by atoms with Gasteiger partial charge in [-0.2, -0.15) is 0 Å². The van der Waals surface area contributed by atoms with Crippen LogP contribution in [0.15, 0.2) is 30.3 Å². The second-order valence-electron chi connectivity index (χ2n) is 5.24. The first kappa shape index (κ1) is 15.2. The summed E-state index contributed by atoms with van der Waals surface area (Å²) in [5.74, 6) is -0.937. The van der Waals surface area contributed by atoms with Crippen LogP contribution < -0.4 is 16.8 Å². The number of hydrogen-bond donors (Lipinski definition) is 3. The highest BCUT2D eigenvalue weighted by atomic mass is 16.2. The van der Waals surface area contributed by atoms with Gasteiger partial charge in [-0.3, -0.25) is 9.59 Å². The van der Waals surface area contributed by atoms with Gasteiger partial charge in [0.05, 0.1) is 12.5 Å². The van der Waals surface area contributed by atoms with Crippen molar-refractivity contribution in [3.63, 3.8) is 0 Å². The van der Waals surface area contributed by atoms with E-state index in [-0.39, 0.29) is 17.7 Å². The van der Waals surface area contributed by atoms with E-state index in [9.17, 15) is 9.59 Å². The highest BCUT2D eigenvalue weighted by Crippen LogP contribution is 2.21. The molecule has 1 aromatic carbocycles. The largest absolute Gasteiger partial charge is 0.370 e. The van der Waals surface area contributed by atoms with Gasteiger partial charge in [-0.25, -0.2) is 0 Å². The number of rotatable bonds is 6. The van der Waals surface area contributed by atoms with Crippen molar-refractivity contribution < 1.29 is 9.59 Å². The smallest absolute Gasteiger partial charge is 0.237 e. The van der Waals surface area contributed by atoms with Crippen LogP contribution in [0.5, 0.6) is 0 Å². The topological polar surface area (TPSA) is 98.2 Å². The highest BCUT2D eigenvalue weighted by molar-refractivity contribution is 5.87. The molecule has 0 radical (unpaired) electrons. The van der Waals surface area contributed by atoms with E-state index >= 15 is 0 Å². The van der Waals surface area contributed by atoms with Crippen LogP contribution in [0, 0.1) is 0 Å². The predicted molar refractivity (Wildman–Crippen MR) is 74.3 cm³/mol. The number of benzene rings is 1. The fourth-order valence-electron chi connectivity index (χ4n) is 1.74. The van der Waals surface area contributed by atoms with E-state index in [1.807, 2.05) is 44.2 Å². The Labute approximate surface area is 113 Å². The number of nitrogens with two attached hydrogens (primary N) is 2. The summed E-state index contributed by atoms with van der Waals surface area (Å²) in [6.07, 6.45) is -0.141. The monoisotopic (exact) mass is 263 g/mol. The van der Waals surface area contributed by atoms with Gasteiger partial charge in [-0.1, -0.05) is 44.2 Å². The zero-order valence-corrected chi connectivity index (χ0v) is 11.3. The molecule has 0 spiro atoms. The maximum atomic E-state index is 11.7. The molecule has 0 heterocycles. The molecule has 19 heavy (non-hydrogen) atoms. The van der Waals surface area contributed by atoms with Crippen LogP contribution in [0.2, 0.25) is 0 Å². The Kier molecular flexibility index (Phi) is 5.06. The Balaban J connectivity index is 2.56. The second-order valence-corrected chi connectivity index (χ2v) is 5.24. The molecule has 0 saturated carbocycles. The molecule has 1 unspecified atom stereocenters. The van der Waals surface area contributed by atoms with Gasteiger partial charge in [0.1, 0.15) is 0 Å². The van der Waals surface area contributed by atoms with Crippen molar-refractivity contribution in [3.8, 4) is 0 Å². The highest BCUT2D eigenvalue weighted by Gasteiger charge is 2.23. The van der Waals surface area contributed by atoms with Gasteiger partial charge in [-0.05, 0) is 5.56 Å². The minimum atomic E-state index is -0.885. The quantitative estimate of drug-likeness (QED) is 0.687. The van der Waals surface area contributed by atoms with Crippen LogP contribution in [-0.2, 0) is 15.0 Å². The molecule has 5 nitrogen and oxygen atoms in total. The molecule has 5 heteroatoms. The lowest BCUT2D eigenvalue weighted by atomic mass is 9.84. The van der Waals surface area contributed by atoms with Crippen LogP contribution in [0.4, 0.5) is 0 Å². The average Bonchev–Trinajstić information content (AvgIpc) is 2.36. The fraction of sp³-hybridized carbons (Fsp3) is 0.429. The Hall–Kier alpha value is -1.88. The van der Waals surface area contributed by atoms with Gasteiger partial charge in [0.2, 0.25) is 11.8 Å². The minimum Gasteiger partial charge on any atom is -0.370 e. The number of carbonyl (C=O) groups excluding carboxylic acids is 2. The average molecular weight is 263 g/mol. The van der Waals surface area contributed by atoms with Gasteiger partial charge < -0.3 is 16.8 Å². The van der Waals surface area contributed by atoms with E-state index in [1.165, 1.54) is 0 Å². The molecule has 2 amide bonds. The molecular weight excluding hydrogens is 242 g/mol. The molecule has 0 saturated heterocycles. The van der Waals surface area contributed by atoms with E-state index in [0.29, 0.717) is 6.54 Å². The van der Waals surface area contributed by atoms with Crippen LogP contribution in [-0.4, -0.2) is 24.4 Å². The lowest BCUT2D eigenvalue weighted by molar-refractivity contribution is -0.126. The van der Waals surface area contributed by atoms with E-state index < -0.39 is 11.9 Å². The third-order valence-corrected chi connectivity index (χ3v) is 3.02. The van der Waals surface area contributed by atoms with Crippen molar-refractivity contribution in [1.29, 1.82) is 0 Å². The number of amides is 2. The maximum absolute atomic E-state index is 11.7. The summed E-state index contributed by atoms with van der Waals surface area (Å²) in [7, 11) is 0. The van der Waals surface area contributed by atoms with E-state index in [0.717, 1.165) is 5.56 Å². The molecule has 0 bridgehead atoms. The molecule has 1 atom stereocenters. The summed E-state index contributed by atoms with van der Waals surface area (Å²) in [6.45, 7) is 4.51. The third kappa shape index (κ3) is 4.71. The van der Waals surface area contributed by atoms with Crippen molar-refractivity contribution >= 4 is 11.8 Å². The molecule has 104 valence electrons. The van der Waals surface area contributed by atoms with Crippen LogP contribution in [0.3, 0.4) is 0 Å². The molecule has 1 aromatic rings. The van der Waals surface area contributed by atoms with E-state index in [4.69, 9.17) is 11.5 Å². The summed E-state index contributed by atoms with van der Waals surface area (Å²) >= 11 is 0. The first-order chi connectivity index (χ1) is 8.83. The first-order valence-corrected chi connectivity index (χ1v) is 6.20. The zero-order chi connectivity index (χ0) is 14.5. The van der Waals surface area contributed by atoms with Gasteiger partial charge in [0.15, 0.2) is 0 Å². The molecule has 0 aliphatic rings. The second kappa shape index (κ2) is 6.33. The van der Waals surface area contributed by atoms with Crippen molar-refractivity contribution in [1.82, 2.24) is 5.32 Å². The van der Waals surface area contributed by atoms with Crippen molar-refractivity contribution in [2.24, 2.45) is 11.5 Å². The third-order valence-electron chi connectivity index (χ3n) is 3.02. The van der Waals surface area contributed by atoms with Crippen LogP contribution >= 0.6 is 0 Å². The number of nitrogens with one attached hydrogen (secondary N) is 1. The Morgan fingerprint density at radius 3 is 2.37 bits per heavy atom. The van der Waals surface area contributed by atoms with Crippen molar-refractivity contribution in [2.75, 3.05) is 6.54 Å². The molecule has 1 rings (SSSR count). The first-order valence-electron chi connectivity index (χ1n) is 6.20. The summed E-state index contributed by atoms with van der Waals surface area (Å²) in [6, 6.07) is 8.99. The normalized spacial score (nSPS) is 12.8. The number of carbonyl (C=O) groups is 2. The fourth-order valence-corrected chi connectivity index (χ4v) is 1.74. The summed E-state index contributed by atoms with van der Waals surface area (Å²) in [4.78, 5) is 22.4. The predicted octanol–water partition coefficient (Wildman–Crippen LogP) is 0.283.